The molecule has 3 aromatic rings. The lowest BCUT2D eigenvalue weighted by atomic mass is 10.1. The van der Waals surface area contributed by atoms with Crippen LogP contribution < -0.4 is 10.9 Å². The molecule has 4 rings (SSSR count). The number of fused-ring (bicyclic) bond motifs is 2. The molecule has 9 heteroatoms. The normalized spacial score (nSPS) is 14.3. The average Bonchev–Trinajstić information content (AvgIpc) is 3.01. The van der Waals surface area contributed by atoms with Gasteiger partial charge in [-0.2, -0.15) is 0 Å². The summed E-state index contributed by atoms with van der Waals surface area (Å²) in [5, 5.41) is 2.96. The first-order chi connectivity index (χ1) is 15.3. The molecule has 1 aliphatic heterocycles. The van der Waals surface area contributed by atoms with Crippen molar-refractivity contribution in [1.82, 2.24) is 9.55 Å². The number of benzene rings is 2. The molecular weight excluding hydrogens is 437 g/mol. The highest BCUT2D eigenvalue weighted by Gasteiger charge is 2.21. The van der Waals surface area contributed by atoms with E-state index in [-0.39, 0.29) is 21.8 Å². The first-order valence-corrected chi connectivity index (χ1v) is 10.7. The number of esters is 1. The van der Waals surface area contributed by atoms with E-state index in [4.69, 9.17) is 16.3 Å². The molecule has 0 saturated carbocycles. The second-order valence-corrected chi connectivity index (χ2v) is 8.10. The fraction of sp³-hybridized carbons (Fsp3) is 0.304. The van der Waals surface area contributed by atoms with Crippen LogP contribution in [0.2, 0.25) is 5.02 Å². The van der Waals surface area contributed by atoms with Crippen LogP contribution in [0.15, 0.2) is 41.2 Å². The van der Waals surface area contributed by atoms with Crippen molar-refractivity contribution in [2.75, 3.05) is 5.32 Å². The van der Waals surface area contributed by atoms with Crippen LogP contribution in [0.4, 0.5) is 10.1 Å². The first kappa shape index (κ1) is 22.0. The molecule has 1 amide bonds. The molecule has 0 saturated heterocycles. The number of nitrogens with one attached hydrogen (secondary N) is 1. The van der Waals surface area contributed by atoms with Gasteiger partial charge >= 0.3 is 5.97 Å². The van der Waals surface area contributed by atoms with E-state index in [2.05, 4.69) is 10.3 Å². The van der Waals surface area contributed by atoms with Crippen molar-refractivity contribution < 1.29 is 18.7 Å². The summed E-state index contributed by atoms with van der Waals surface area (Å²) in [6.07, 6.45) is 2.52. The second kappa shape index (κ2) is 9.08. The van der Waals surface area contributed by atoms with Crippen LogP contribution in [-0.2, 0) is 22.5 Å². The number of hydrogen-bond donors (Lipinski definition) is 1. The molecule has 0 unspecified atom stereocenters. The zero-order chi connectivity index (χ0) is 22.8. The van der Waals surface area contributed by atoms with Crippen LogP contribution in [0.3, 0.4) is 0 Å². The third kappa shape index (κ3) is 4.50. The van der Waals surface area contributed by atoms with E-state index in [0.717, 1.165) is 37.2 Å². The van der Waals surface area contributed by atoms with E-state index in [1.54, 1.807) is 10.6 Å². The summed E-state index contributed by atoms with van der Waals surface area (Å²) in [6, 6.07) is 8.09. The fourth-order valence-corrected chi connectivity index (χ4v) is 3.87. The molecule has 0 spiro atoms. The molecule has 166 valence electrons. The average molecular weight is 458 g/mol. The molecule has 0 bridgehead atoms. The minimum atomic E-state index is -1.13. The summed E-state index contributed by atoms with van der Waals surface area (Å²) < 4.78 is 20.1. The molecule has 0 fully saturated rings. The van der Waals surface area contributed by atoms with Crippen LogP contribution in [0, 0.1) is 5.82 Å². The number of anilines is 1. The predicted octanol–water partition coefficient (Wildman–Crippen LogP) is 4.10. The van der Waals surface area contributed by atoms with Gasteiger partial charge in [-0.15, -0.1) is 0 Å². The number of aromatic nitrogens is 2. The highest BCUT2D eigenvalue weighted by atomic mass is 35.5. The van der Waals surface area contributed by atoms with Gasteiger partial charge < -0.3 is 10.1 Å². The summed E-state index contributed by atoms with van der Waals surface area (Å²) in [5.41, 5.74) is 0.697. The Labute approximate surface area is 188 Å². The number of amides is 1. The smallest absolute Gasteiger partial charge is 0.338 e. The van der Waals surface area contributed by atoms with Crippen LogP contribution in [-0.4, -0.2) is 27.5 Å². The monoisotopic (exact) mass is 457 g/mol. The molecule has 2 heterocycles. The number of nitrogens with zero attached hydrogens (tertiary/aromatic N) is 2. The Hall–Kier alpha value is -3.26. The maximum Gasteiger partial charge on any atom is 0.338 e. The topological polar surface area (TPSA) is 90.3 Å². The second-order valence-electron chi connectivity index (χ2n) is 7.69. The SMILES string of the molecule is C[C@H](OC(=O)c1ccc2c(=O)n3c(nc2c1)CCCCC3)C(=O)Nc1ccc(F)cc1Cl. The van der Waals surface area contributed by atoms with E-state index in [9.17, 15) is 18.8 Å². The van der Waals surface area contributed by atoms with E-state index >= 15 is 0 Å². The number of carbonyl (C=O) groups is 2. The molecule has 0 radical (unpaired) electrons. The van der Waals surface area contributed by atoms with Gasteiger partial charge in [0.25, 0.3) is 11.5 Å². The lowest BCUT2D eigenvalue weighted by Gasteiger charge is -2.15. The minimum absolute atomic E-state index is 0.0305. The number of hydrogen-bond acceptors (Lipinski definition) is 5. The molecular formula is C23H21ClFN3O4. The summed E-state index contributed by atoms with van der Waals surface area (Å²) in [6.45, 7) is 2.06. The number of rotatable bonds is 4. The Morgan fingerprint density at radius 3 is 2.78 bits per heavy atom. The van der Waals surface area contributed by atoms with Crippen molar-refractivity contribution in [3.05, 3.63) is 69.0 Å². The lowest BCUT2D eigenvalue weighted by molar-refractivity contribution is -0.123. The van der Waals surface area contributed by atoms with Crippen molar-refractivity contribution in [3.8, 4) is 0 Å². The van der Waals surface area contributed by atoms with Crippen molar-refractivity contribution in [2.45, 2.75) is 45.3 Å². The van der Waals surface area contributed by atoms with Crippen LogP contribution in [0.5, 0.6) is 0 Å². The van der Waals surface area contributed by atoms with Gasteiger partial charge in [-0.3, -0.25) is 14.2 Å². The first-order valence-electron chi connectivity index (χ1n) is 10.3. The third-order valence-electron chi connectivity index (χ3n) is 5.39. The highest BCUT2D eigenvalue weighted by molar-refractivity contribution is 6.33. The van der Waals surface area contributed by atoms with E-state index < -0.39 is 23.8 Å². The fourth-order valence-electron chi connectivity index (χ4n) is 3.65. The number of aryl methyl sites for hydroxylation is 1. The van der Waals surface area contributed by atoms with E-state index in [1.165, 1.54) is 25.1 Å². The molecule has 1 aromatic heterocycles. The third-order valence-corrected chi connectivity index (χ3v) is 5.71. The van der Waals surface area contributed by atoms with Crippen LogP contribution in [0.1, 0.15) is 42.4 Å². The standard InChI is InChI=1S/C23H21ClFN3O4/c1-13(21(29)27-18-9-7-15(25)12-17(18)24)32-23(31)14-6-8-16-19(11-14)26-20-5-3-2-4-10-28(20)22(16)30/h6-9,11-13H,2-5,10H2,1H3,(H,27,29)/t13-/m0/s1. The molecule has 1 atom stereocenters. The van der Waals surface area contributed by atoms with Gasteiger partial charge in [0.15, 0.2) is 6.10 Å². The molecule has 2 aromatic carbocycles. The van der Waals surface area contributed by atoms with Gasteiger partial charge in [0.05, 0.1) is 27.2 Å². The quantitative estimate of drug-likeness (QED) is 0.596. The van der Waals surface area contributed by atoms with Gasteiger partial charge in [0.1, 0.15) is 11.6 Å². The zero-order valence-corrected chi connectivity index (χ0v) is 18.1. The molecule has 7 nitrogen and oxygen atoms in total. The largest absolute Gasteiger partial charge is 0.449 e. The minimum Gasteiger partial charge on any atom is -0.449 e. The van der Waals surface area contributed by atoms with Crippen LogP contribution in [0.25, 0.3) is 10.9 Å². The summed E-state index contributed by atoms with van der Waals surface area (Å²) >= 11 is 5.91. The molecule has 0 aliphatic carbocycles. The van der Waals surface area contributed by atoms with E-state index in [0.29, 0.717) is 23.9 Å². The molecule has 1 aliphatic rings. The Morgan fingerprint density at radius 2 is 2.00 bits per heavy atom. The van der Waals surface area contributed by atoms with Gasteiger partial charge in [0.2, 0.25) is 0 Å². The van der Waals surface area contributed by atoms with Crippen molar-refractivity contribution in [3.63, 3.8) is 0 Å². The number of halogens is 2. The van der Waals surface area contributed by atoms with Crippen LogP contribution >= 0.6 is 11.6 Å². The van der Waals surface area contributed by atoms with Gasteiger partial charge in [-0.1, -0.05) is 18.0 Å². The predicted molar refractivity (Wildman–Crippen MR) is 118 cm³/mol. The summed E-state index contributed by atoms with van der Waals surface area (Å²) in [4.78, 5) is 42.4. The van der Waals surface area contributed by atoms with Crippen molar-refractivity contribution in [2.24, 2.45) is 0 Å². The van der Waals surface area contributed by atoms with Gasteiger partial charge in [0, 0.05) is 13.0 Å². The maximum atomic E-state index is 13.2. The Bertz CT molecular complexity index is 1270. The maximum absolute atomic E-state index is 13.2. The zero-order valence-electron chi connectivity index (χ0n) is 17.4. The van der Waals surface area contributed by atoms with Crippen molar-refractivity contribution >= 4 is 40.1 Å². The Kier molecular flexibility index (Phi) is 6.23. The number of ether oxygens (including phenoxy) is 1. The van der Waals surface area contributed by atoms with Gasteiger partial charge in [-0.05, 0) is 56.2 Å². The van der Waals surface area contributed by atoms with E-state index in [1.807, 2.05) is 0 Å². The van der Waals surface area contributed by atoms with Gasteiger partial charge in [-0.25, -0.2) is 14.2 Å². The Morgan fingerprint density at radius 1 is 1.19 bits per heavy atom. The number of carbonyl (C=O) groups excluding carboxylic acids is 2. The summed E-state index contributed by atoms with van der Waals surface area (Å²) in [7, 11) is 0. The lowest BCUT2D eigenvalue weighted by Crippen LogP contribution is -2.30. The highest BCUT2D eigenvalue weighted by Crippen LogP contribution is 2.23. The Balaban J connectivity index is 1.51. The van der Waals surface area contributed by atoms with Crippen molar-refractivity contribution in [1.29, 1.82) is 0 Å². The summed E-state index contributed by atoms with van der Waals surface area (Å²) in [5.74, 6) is -1.16. The molecule has 32 heavy (non-hydrogen) atoms. The molecule has 1 N–H and O–H groups in total.